The van der Waals surface area contributed by atoms with Gasteiger partial charge in [0, 0.05) is 12.7 Å². The monoisotopic (exact) mass is 292 g/mol. The molecular formula is C16H24N2O3. The van der Waals surface area contributed by atoms with Crippen LogP contribution in [0.1, 0.15) is 29.8 Å². The Labute approximate surface area is 126 Å². The molecule has 1 rings (SSSR count). The molecule has 1 N–H and O–H groups in total. The van der Waals surface area contributed by atoms with Crippen LogP contribution in [0, 0.1) is 12.8 Å². The first-order chi connectivity index (χ1) is 10.0. The maximum Gasteiger partial charge on any atom is 0.291 e. The normalized spacial score (nSPS) is 11.6. The molecule has 0 atom stereocenters. The largest absolute Gasteiger partial charge is 0.465 e. The highest BCUT2D eigenvalue weighted by atomic mass is 16.5. The number of aryl methyl sites for hydroxylation is 1. The summed E-state index contributed by atoms with van der Waals surface area (Å²) < 4.78 is 10.5. The first kappa shape index (κ1) is 17.2. The predicted molar refractivity (Wildman–Crippen MR) is 83.6 cm³/mol. The van der Waals surface area contributed by atoms with Crippen molar-refractivity contribution in [2.24, 2.45) is 10.9 Å². The Balaban J connectivity index is 2.73. The first-order valence-corrected chi connectivity index (χ1v) is 7.07. The molecule has 5 heteroatoms. The number of amides is 1. The van der Waals surface area contributed by atoms with Gasteiger partial charge >= 0.3 is 0 Å². The zero-order valence-electron chi connectivity index (χ0n) is 13.2. The van der Waals surface area contributed by atoms with Crippen LogP contribution in [0.5, 0.6) is 0 Å². The number of hydrogen-bond acceptors (Lipinski definition) is 4. The highest BCUT2D eigenvalue weighted by Gasteiger charge is 2.12. The summed E-state index contributed by atoms with van der Waals surface area (Å²) in [6, 6.07) is 7.65. The fourth-order valence-electron chi connectivity index (χ4n) is 1.60. The second-order valence-corrected chi connectivity index (χ2v) is 5.15. The minimum Gasteiger partial charge on any atom is -0.465 e. The predicted octanol–water partition coefficient (Wildman–Crippen LogP) is 2.40. The summed E-state index contributed by atoms with van der Waals surface area (Å²) >= 11 is 0. The third-order valence-corrected chi connectivity index (χ3v) is 2.71. The standard InChI is InChI=1S/C16H24N2O3/c1-12(2)11-21-16(17-9-10-20-4)18-15(19)14-8-6-5-7-13(14)3/h5-8,12H,9-11H2,1-4H3,(H,17,18,19). The lowest BCUT2D eigenvalue weighted by molar-refractivity contribution is 0.0962. The van der Waals surface area contributed by atoms with E-state index in [2.05, 4.69) is 10.3 Å². The summed E-state index contributed by atoms with van der Waals surface area (Å²) in [6.07, 6.45) is 0. The van der Waals surface area contributed by atoms with Gasteiger partial charge in [-0.15, -0.1) is 0 Å². The van der Waals surface area contributed by atoms with Gasteiger partial charge in [0.05, 0.1) is 19.8 Å². The Kier molecular flexibility index (Phi) is 7.46. The van der Waals surface area contributed by atoms with Gasteiger partial charge in [-0.25, -0.2) is 4.99 Å². The van der Waals surface area contributed by atoms with Crippen LogP contribution in [0.2, 0.25) is 0 Å². The molecule has 0 radical (unpaired) electrons. The third-order valence-electron chi connectivity index (χ3n) is 2.71. The fraction of sp³-hybridized carbons (Fsp3) is 0.500. The second-order valence-electron chi connectivity index (χ2n) is 5.15. The second kappa shape index (κ2) is 9.13. The van der Waals surface area contributed by atoms with Crippen molar-refractivity contribution in [3.8, 4) is 0 Å². The molecule has 1 amide bonds. The molecule has 21 heavy (non-hydrogen) atoms. The van der Waals surface area contributed by atoms with Crippen molar-refractivity contribution in [3.63, 3.8) is 0 Å². The maximum atomic E-state index is 12.3. The van der Waals surface area contributed by atoms with E-state index in [0.717, 1.165) is 5.56 Å². The van der Waals surface area contributed by atoms with Crippen LogP contribution in [0.4, 0.5) is 0 Å². The van der Waals surface area contributed by atoms with Gasteiger partial charge in [0.1, 0.15) is 0 Å². The van der Waals surface area contributed by atoms with Crippen molar-refractivity contribution in [2.75, 3.05) is 26.9 Å². The van der Waals surface area contributed by atoms with Gasteiger partial charge < -0.3 is 9.47 Å². The van der Waals surface area contributed by atoms with Gasteiger partial charge in [-0.2, -0.15) is 0 Å². The number of aliphatic imine (C=N–C) groups is 1. The smallest absolute Gasteiger partial charge is 0.291 e. The number of methoxy groups -OCH3 is 1. The number of ether oxygens (including phenoxy) is 2. The summed E-state index contributed by atoms with van der Waals surface area (Å²) in [4.78, 5) is 16.5. The third kappa shape index (κ3) is 6.40. The molecule has 0 saturated carbocycles. The van der Waals surface area contributed by atoms with E-state index in [4.69, 9.17) is 9.47 Å². The molecule has 116 valence electrons. The molecule has 0 bridgehead atoms. The first-order valence-electron chi connectivity index (χ1n) is 7.07. The number of benzene rings is 1. The lowest BCUT2D eigenvalue weighted by Crippen LogP contribution is -2.34. The Bertz CT molecular complexity index is 484. The average molecular weight is 292 g/mol. The van der Waals surface area contributed by atoms with Crippen LogP contribution in [0.25, 0.3) is 0 Å². The van der Waals surface area contributed by atoms with Crippen LogP contribution in [-0.2, 0) is 9.47 Å². The van der Waals surface area contributed by atoms with Gasteiger partial charge in [0.15, 0.2) is 0 Å². The fourth-order valence-corrected chi connectivity index (χ4v) is 1.60. The van der Waals surface area contributed by atoms with Crippen molar-refractivity contribution in [1.29, 1.82) is 0 Å². The van der Waals surface area contributed by atoms with Crippen LogP contribution in [0.3, 0.4) is 0 Å². The summed E-state index contributed by atoms with van der Waals surface area (Å²) in [7, 11) is 1.61. The lowest BCUT2D eigenvalue weighted by atomic mass is 10.1. The summed E-state index contributed by atoms with van der Waals surface area (Å²) in [6.45, 7) is 7.39. The number of carbonyl (C=O) groups is 1. The molecule has 1 aromatic rings. The number of carbonyl (C=O) groups excluding carboxylic acids is 1. The van der Waals surface area contributed by atoms with Gasteiger partial charge in [-0.1, -0.05) is 32.0 Å². The highest BCUT2D eigenvalue weighted by molar-refractivity contribution is 6.04. The average Bonchev–Trinajstić information content (AvgIpc) is 2.45. The Morgan fingerprint density at radius 2 is 2.05 bits per heavy atom. The molecule has 0 heterocycles. The Morgan fingerprint density at radius 3 is 2.67 bits per heavy atom. The summed E-state index contributed by atoms with van der Waals surface area (Å²) in [5.74, 6) is 0.140. The molecule has 0 unspecified atom stereocenters. The quantitative estimate of drug-likeness (QED) is 0.497. The van der Waals surface area contributed by atoms with E-state index >= 15 is 0 Å². The van der Waals surface area contributed by atoms with E-state index in [1.54, 1.807) is 13.2 Å². The molecular weight excluding hydrogens is 268 g/mol. The number of rotatable bonds is 6. The van der Waals surface area contributed by atoms with Gasteiger partial charge in [-0.3, -0.25) is 10.1 Å². The van der Waals surface area contributed by atoms with Crippen molar-refractivity contribution in [2.45, 2.75) is 20.8 Å². The molecule has 0 aromatic heterocycles. The van der Waals surface area contributed by atoms with E-state index in [-0.39, 0.29) is 11.9 Å². The van der Waals surface area contributed by atoms with Gasteiger partial charge in [0.25, 0.3) is 11.9 Å². The van der Waals surface area contributed by atoms with E-state index in [1.807, 2.05) is 39.0 Å². The van der Waals surface area contributed by atoms with E-state index in [1.165, 1.54) is 0 Å². The molecule has 1 aromatic carbocycles. The van der Waals surface area contributed by atoms with Crippen LogP contribution < -0.4 is 5.32 Å². The molecule has 0 aliphatic heterocycles. The van der Waals surface area contributed by atoms with E-state index in [9.17, 15) is 4.79 Å². The number of nitrogens with one attached hydrogen (secondary N) is 1. The van der Waals surface area contributed by atoms with Crippen molar-refractivity contribution >= 4 is 11.9 Å². The Hall–Kier alpha value is -1.88. The molecule has 0 aliphatic rings. The maximum absolute atomic E-state index is 12.3. The summed E-state index contributed by atoms with van der Waals surface area (Å²) in [5, 5.41) is 2.72. The van der Waals surface area contributed by atoms with Crippen molar-refractivity contribution in [3.05, 3.63) is 35.4 Å². The van der Waals surface area contributed by atoms with Crippen molar-refractivity contribution in [1.82, 2.24) is 5.32 Å². The van der Waals surface area contributed by atoms with Crippen LogP contribution in [0.15, 0.2) is 29.3 Å². The Morgan fingerprint density at radius 1 is 1.33 bits per heavy atom. The molecule has 0 saturated heterocycles. The number of hydrogen-bond donors (Lipinski definition) is 1. The highest BCUT2D eigenvalue weighted by Crippen LogP contribution is 2.06. The topological polar surface area (TPSA) is 59.9 Å². The molecule has 0 aliphatic carbocycles. The molecule has 5 nitrogen and oxygen atoms in total. The van der Waals surface area contributed by atoms with E-state index in [0.29, 0.717) is 31.2 Å². The van der Waals surface area contributed by atoms with Crippen LogP contribution >= 0.6 is 0 Å². The number of nitrogens with zero attached hydrogens (tertiary/aromatic N) is 1. The lowest BCUT2D eigenvalue weighted by Gasteiger charge is -2.13. The van der Waals surface area contributed by atoms with E-state index < -0.39 is 0 Å². The SMILES string of the molecule is COCCN=C(NC(=O)c1ccccc1C)OCC(C)C. The minimum atomic E-state index is -0.215. The van der Waals surface area contributed by atoms with Crippen molar-refractivity contribution < 1.29 is 14.3 Å². The van der Waals surface area contributed by atoms with Crippen LogP contribution in [-0.4, -0.2) is 38.8 Å². The zero-order chi connectivity index (χ0) is 15.7. The minimum absolute atomic E-state index is 0.215. The molecule has 0 fully saturated rings. The zero-order valence-corrected chi connectivity index (χ0v) is 13.2. The van der Waals surface area contributed by atoms with Gasteiger partial charge in [0.2, 0.25) is 0 Å². The van der Waals surface area contributed by atoms with Gasteiger partial charge in [-0.05, 0) is 24.5 Å². The number of amidine groups is 1. The molecule has 0 spiro atoms. The summed E-state index contributed by atoms with van der Waals surface area (Å²) in [5.41, 5.74) is 1.53.